The zero-order valence-corrected chi connectivity index (χ0v) is 8.77. The van der Waals surface area contributed by atoms with Gasteiger partial charge in [-0.1, -0.05) is 26.7 Å². The lowest BCUT2D eigenvalue weighted by Crippen LogP contribution is -2.39. The summed E-state index contributed by atoms with van der Waals surface area (Å²) in [6.45, 7) is 4.94. The molecule has 0 aromatic heterocycles. The number of hydrogen-bond acceptors (Lipinski definition) is 2. The Morgan fingerprint density at radius 3 is 2.38 bits per heavy atom. The molecular weight excluding hydrogens is 164 g/mol. The van der Waals surface area contributed by atoms with E-state index in [1.165, 1.54) is 0 Å². The standard InChI is InChI=1S/C11H20O2/c1-3-6-11(7-4-2)9-10(12)5-8-13-11/h3-9H2,1-2H3. The molecule has 1 aliphatic heterocycles. The third-order valence-electron chi connectivity index (χ3n) is 2.72. The fraction of sp³-hybridized carbons (Fsp3) is 0.909. The van der Waals surface area contributed by atoms with Gasteiger partial charge >= 0.3 is 0 Å². The van der Waals surface area contributed by atoms with Crippen LogP contribution in [0.15, 0.2) is 0 Å². The van der Waals surface area contributed by atoms with Crippen molar-refractivity contribution in [3.8, 4) is 0 Å². The van der Waals surface area contributed by atoms with Crippen LogP contribution in [0.3, 0.4) is 0 Å². The molecule has 2 nitrogen and oxygen atoms in total. The molecule has 2 heteroatoms. The Labute approximate surface area is 80.7 Å². The van der Waals surface area contributed by atoms with Gasteiger partial charge in [0.05, 0.1) is 12.2 Å². The van der Waals surface area contributed by atoms with E-state index in [4.69, 9.17) is 4.74 Å². The highest BCUT2D eigenvalue weighted by Crippen LogP contribution is 2.32. The van der Waals surface area contributed by atoms with Crippen LogP contribution in [0.1, 0.15) is 52.4 Å². The second-order valence-electron chi connectivity index (χ2n) is 4.00. The van der Waals surface area contributed by atoms with Gasteiger partial charge in [-0.15, -0.1) is 0 Å². The van der Waals surface area contributed by atoms with Crippen molar-refractivity contribution in [3.05, 3.63) is 0 Å². The molecule has 1 heterocycles. The third-order valence-corrected chi connectivity index (χ3v) is 2.72. The molecule has 0 atom stereocenters. The monoisotopic (exact) mass is 184 g/mol. The van der Waals surface area contributed by atoms with Gasteiger partial charge in [0, 0.05) is 12.8 Å². The van der Waals surface area contributed by atoms with E-state index in [1.54, 1.807) is 0 Å². The lowest BCUT2D eigenvalue weighted by Gasteiger charge is -2.36. The lowest BCUT2D eigenvalue weighted by molar-refractivity contribution is -0.142. The second-order valence-corrected chi connectivity index (χ2v) is 4.00. The normalized spacial score (nSPS) is 21.8. The minimum absolute atomic E-state index is 0.0984. The van der Waals surface area contributed by atoms with E-state index in [1.807, 2.05) is 0 Å². The number of rotatable bonds is 4. The van der Waals surface area contributed by atoms with Gasteiger partial charge < -0.3 is 4.74 Å². The maximum absolute atomic E-state index is 11.3. The molecule has 0 aromatic carbocycles. The van der Waals surface area contributed by atoms with Crippen LogP contribution >= 0.6 is 0 Å². The summed E-state index contributed by atoms with van der Waals surface area (Å²) in [7, 11) is 0. The molecule has 13 heavy (non-hydrogen) atoms. The van der Waals surface area contributed by atoms with Crippen molar-refractivity contribution < 1.29 is 9.53 Å². The van der Waals surface area contributed by atoms with Crippen LogP contribution < -0.4 is 0 Å². The highest BCUT2D eigenvalue weighted by Gasteiger charge is 2.34. The third kappa shape index (κ3) is 2.80. The van der Waals surface area contributed by atoms with Crippen LogP contribution in [0.2, 0.25) is 0 Å². The molecule has 0 amide bonds. The first-order valence-corrected chi connectivity index (χ1v) is 5.38. The second kappa shape index (κ2) is 4.75. The van der Waals surface area contributed by atoms with Crippen molar-refractivity contribution in [2.45, 2.75) is 58.0 Å². The van der Waals surface area contributed by atoms with E-state index in [9.17, 15) is 4.79 Å². The molecule has 0 unspecified atom stereocenters. The van der Waals surface area contributed by atoms with Gasteiger partial charge in [0.15, 0.2) is 0 Å². The maximum Gasteiger partial charge on any atom is 0.138 e. The Morgan fingerprint density at radius 1 is 1.31 bits per heavy atom. The van der Waals surface area contributed by atoms with Gasteiger partial charge in [-0.3, -0.25) is 4.79 Å². The van der Waals surface area contributed by atoms with Crippen LogP contribution in [0.25, 0.3) is 0 Å². The average Bonchev–Trinajstić information content (AvgIpc) is 2.04. The molecule has 0 aliphatic carbocycles. The summed E-state index contributed by atoms with van der Waals surface area (Å²) >= 11 is 0. The predicted molar refractivity (Wildman–Crippen MR) is 52.7 cm³/mol. The Bertz CT molecular complexity index is 163. The smallest absolute Gasteiger partial charge is 0.138 e. The summed E-state index contributed by atoms with van der Waals surface area (Å²) < 4.78 is 5.80. The molecule has 0 saturated carbocycles. The van der Waals surface area contributed by atoms with Gasteiger partial charge in [-0.05, 0) is 12.8 Å². The molecule has 76 valence electrons. The number of carbonyl (C=O) groups excluding carboxylic acids is 1. The molecular formula is C11H20O2. The van der Waals surface area contributed by atoms with Crippen molar-refractivity contribution >= 4 is 5.78 Å². The molecule has 1 aliphatic rings. The largest absolute Gasteiger partial charge is 0.374 e. The van der Waals surface area contributed by atoms with Gasteiger partial charge in [-0.2, -0.15) is 0 Å². The van der Waals surface area contributed by atoms with E-state index in [-0.39, 0.29) is 5.60 Å². The SMILES string of the molecule is CCCC1(CCC)CC(=O)CCO1. The number of carbonyl (C=O) groups is 1. The van der Waals surface area contributed by atoms with Crippen molar-refractivity contribution in [1.82, 2.24) is 0 Å². The van der Waals surface area contributed by atoms with Crippen molar-refractivity contribution in [3.63, 3.8) is 0 Å². The van der Waals surface area contributed by atoms with Gasteiger partial charge in [0.1, 0.15) is 5.78 Å². The first-order valence-electron chi connectivity index (χ1n) is 5.38. The Kier molecular flexibility index (Phi) is 3.91. The van der Waals surface area contributed by atoms with E-state index in [2.05, 4.69) is 13.8 Å². The van der Waals surface area contributed by atoms with Crippen molar-refractivity contribution in [2.24, 2.45) is 0 Å². The molecule has 0 bridgehead atoms. The molecule has 0 aromatic rings. The summed E-state index contributed by atoms with van der Waals surface area (Å²) in [6.07, 6.45) is 5.55. The minimum atomic E-state index is -0.0984. The van der Waals surface area contributed by atoms with E-state index in [0.29, 0.717) is 25.2 Å². The van der Waals surface area contributed by atoms with Crippen molar-refractivity contribution in [1.29, 1.82) is 0 Å². The number of Topliss-reactive ketones (excluding diaryl/α,β-unsaturated/α-hetero) is 1. The van der Waals surface area contributed by atoms with Crippen LogP contribution in [0, 0.1) is 0 Å². The summed E-state index contributed by atoms with van der Waals surface area (Å²) in [5.41, 5.74) is -0.0984. The Hall–Kier alpha value is -0.370. The molecule has 0 N–H and O–H groups in total. The fourth-order valence-electron chi connectivity index (χ4n) is 2.24. The first kappa shape index (κ1) is 10.7. The maximum atomic E-state index is 11.3. The predicted octanol–water partition coefficient (Wildman–Crippen LogP) is 2.70. The average molecular weight is 184 g/mol. The van der Waals surface area contributed by atoms with Gasteiger partial charge in [0.2, 0.25) is 0 Å². The Morgan fingerprint density at radius 2 is 1.92 bits per heavy atom. The van der Waals surface area contributed by atoms with Crippen LogP contribution in [-0.4, -0.2) is 18.0 Å². The summed E-state index contributed by atoms with van der Waals surface area (Å²) in [4.78, 5) is 11.3. The topological polar surface area (TPSA) is 26.3 Å². The number of ether oxygens (including phenoxy) is 1. The first-order chi connectivity index (χ1) is 6.22. The zero-order valence-electron chi connectivity index (χ0n) is 8.77. The van der Waals surface area contributed by atoms with Gasteiger partial charge in [-0.25, -0.2) is 0 Å². The quantitative estimate of drug-likeness (QED) is 0.671. The number of ketones is 1. The minimum Gasteiger partial charge on any atom is -0.374 e. The van der Waals surface area contributed by atoms with Crippen LogP contribution in [-0.2, 0) is 9.53 Å². The summed E-state index contributed by atoms with van der Waals surface area (Å²) in [5.74, 6) is 0.383. The molecule has 0 radical (unpaired) electrons. The summed E-state index contributed by atoms with van der Waals surface area (Å²) in [5, 5.41) is 0. The number of hydrogen-bond donors (Lipinski definition) is 0. The fourth-order valence-corrected chi connectivity index (χ4v) is 2.24. The lowest BCUT2D eigenvalue weighted by atomic mass is 9.85. The van der Waals surface area contributed by atoms with E-state index < -0.39 is 0 Å². The van der Waals surface area contributed by atoms with Crippen LogP contribution in [0.4, 0.5) is 0 Å². The molecule has 1 fully saturated rings. The van der Waals surface area contributed by atoms with Crippen molar-refractivity contribution in [2.75, 3.05) is 6.61 Å². The summed E-state index contributed by atoms with van der Waals surface area (Å²) in [6, 6.07) is 0. The Balaban J connectivity index is 2.58. The van der Waals surface area contributed by atoms with E-state index in [0.717, 1.165) is 25.7 Å². The van der Waals surface area contributed by atoms with E-state index >= 15 is 0 Å². The zero-order chi connectivity index (χ0) is 9.73. The van der Waals surface area contributed by atoms with Crippen LogP contribution in [0.5, 0.6) is 0 Å². The van der Waals surface area contributed by atoms with Gasteiger partial charge in [0.25, 0.3) is 0 Å². The molecule has 0 spiro atoms. The molecule has 1 rings (SSSR count). The highest BCUT2D eigenvalue weighted by molar-refractivity contribution is 5.80. The molecule has 1 saturated heterocycles. The highest BCUT2D eigenvalue weighted by atomic mass is 16.5.